The van der Waals surface area contributed by atoms with Gasteiger partial charge in [0.05, 0.1) is 6.10 Å². The van der Waals surface area contributed by atoms with Crippen LogP contribution in [0.2, 0.25) is 0 Å². The Morgan fingerprint density at radius 1 is 1.17 bits per heavy atom. The Labute approximate surface area is 70.5 Å². The summed E-state index contributed by atoms with van der Waals surface area (Å²) in [4.78, 5) is 0. The van der Waals surface area contributed by atoms with Gasteiger partial charge in [-0.3, -0.25) is 0 Å². The van der Waals surface area contributed by atoms with E-state index in [-0.39, 0.29) is 0 Å². The number of hydrogen-bond acceptors (Lipinski definition) is 5. The zero-order valence-electron chi connectivity index (χ0n) is 7.04. The third-order valence-corrected chi connectivity index (χ3v) is 2.07. The van der Waals surface area contributed by atoms with Crippen molar-refractivity contribution in [1.29, 1.82) is 0 Å². The summed E-state index contributed by atoms with van der Waals surface area (Å²) >= 11 is 0. The molecule has 1 fully saturated rings. The predicted octanol–water partition coefficient (Wildman–Crippen LogP) is -1.54. The first-order valence-corrected chi connectivity index (χ1v) is 3.80. The summed E-state index contributed by atoms with van der Waals surface area (Å²) in [6.07, 6.45) is -4.71. The Hall–Kier alpha value is -0.200. The van der Waals surface area contributed by atoms with E-state index in [1.54, 1.807) is 6.92 Å². The van der Waals surface area contributed by atoms with Crippen LogP contribution in [0.25, 0.3) is 0 Å². The molecule has 0 spiro atoms. The van der Waals surface area contributed by atoms with Gasteiger partial charge in [0.1, 0.15) is 18.3 Å². The van der Waals surface area contributed by atoms with Crippen LogP contribution in [0.15, 0.2) is 0 Å². The first-order chi connectivity index (χ1) is 5.57. The van der Waals surface area contributed by atoms with Gasteiger partial charge in [0.15, 0.2) is 6.29 Å². The molecule has 0 aromatic carbocycles. The zero-order chi connectivity index (χ0) is 9.30. The molecule has 1 unspecified atom stereocenters. The average Bonchev–Trinajstić information content (AvgIpc) is 2.02. The molecule has 5 nitrogen and oxygen atoms in total. The van der Waals surface area contributed by atoms with E-state index >= 15 is 0 Å². The summed E-state index contributed by atoms with van der Waals surface area (Å²) in [5, 5.41) is 27.8. The monoisotopic (exact) mass is 178 g/mol. The molecule has 5 atom stereocenters. The van der Waals surface area contributed by atoms with Gasteiger partial charge in [0.25, 0.3) is 0 Å². The van der Waals surface area contributed by atoms with Crippen molar-refractivity contribution in [3.05, 3.63) is 0 Å². The van der Waals surface area contributed by atoms with Crippen molar-refractivity contribution in [2.75, 3.05) is 7.11 Å². The van der Waals surface area contributed by atoms with E-state index in [0.29, 0.717) is 0 Å². The number of rotatable bonds is 1. The predicted molar refractivity (Wildman–Crippen MR) is 39.4 cm³/mol. The summed E-state index contributed by atoms with van der Waals surface area (Å²) in [6.45, 7) is 1.60. The highest BCUT2D eigenvalue weighted by atomic mass is 16.6. The molecule has 1 heterocycles. The normalized spacial score (nSPS) is 49.2. The second-order valence-corrected chi connectivity index (χ2v) is 2.91. The topological polar surface area (TPSA) is 79.2 Å². The van der Waals surface area contributed by atoms with Crippen LogP contribution >= 0.6 is 0 Å². The Morgan fingerprint density at radius 2 is 1.75 bits per heavy atom. The summed E-state index contributed by atoms with van der Waals surface area (Å²) in [6, 6.07) is 0. The zero-order valence-corrected chi connectivity index (χ0v) is 7.04. The van der Waals surface area contributed by atoms with Crippen LogP contribution in [0.4, 0.5) is 0 Å². The number of aliphatic hydroxyl groups excluding tert-OH is 3. The first kappa shape index (κ1) is 9.88. The second kappa shape index (κ2) is 3.68. The smallest absolute Gasteiger partial charge is 0.183 e. The average molecular weight is 178 g/mol. The van der Waals surface area contributed by atoms with Gasteiger partial charge in [-0.15, -0.1) is 0 Å². The second-order valence-electron chi connectivity index (χ2n) is 2.91. The fourth-order valence-corrected chi connectivity index (χ4v) is 1.29. The van der Waals surface area contributed by atoms with Crippen molar-refractivity contribution in [2.45, 2.75) is 37.6 Å². The molecule has 0 saturated carbocycles. The minimum atomic E-state index is -1.28. The van der Waals surface area contributed by atoms with Crippen molar-refractivity contribution < 1.29 is 24.8 Å². The number of hydrogen-bond donors (Lipinski definition) is 3. The van der Waals surface area contributed by atoms with Gasteiger partial charge in [-0.1, -0.05) is 0 Å². The lowest BCUT2D eigenvalue weighted by atomic mass is 10.00. The molecule has 0 aromatic rings. The van der Waals surface area contributed by atoms with E-state index in [1.807, 2.05) is 0 Å². The molecule has 1 rings (SSSR count). The molecule has 12 heavy (non-hydrogen) atoms. The summed E-state index contributed by atoms with van der Waals surface area (Å²) < 4.78 is 9.63. The summed E-state index contributed by atoms with van der Waals surface area (Å²) in [7, 11) is 1.36. The molecule has 5 heteroatoms. The van der Waals surface area contributed by atoms with Gasteiger partial charge in [-0.05, 0) is 6.92 Å². The van der Waals surface area contributed by atoms with Crippen molar-refractivity contribution >= 4 is 0 Å². The lowest BCUT2D eigenvalue weighted by molar-refractivity contribution is -0.282. The maximum Gasteiger partial charge on any atom is 0.183 e. The van der Waals surface area contributed by atoms with E-state index < -0.39 is 30.7 Å². The maximum atomic E-state index is 9.40. The molecule has 1 aliphatic heterocycles. The van der Waals surface area contributed by atoms with Crippen molar-refractivity contribution in [1.82, 2.24) is 0 Å². The highest BCUT2D eigenvalue weighted by Crippen LogP contribution is 2.21. The first-order valence-electron chi connectivity index (χ1n) is 3.80. The molecule has 3 N–H and O–H groups in total. The Balaban J connectivity index is 2.67. The molecular weight excluding hydrogens is 164 g/mol. The molecule has 72 valence electrons. The van der Waals surface area contributed by atoms with Crippen LogP contribution in [-0.2, 0) is 9.47 Å². The van der Waals surface area contributed by atoms with Gasteiger partial charge in [-0.2, -0.15) is 0 Å². The minimum Gasteiger partial charge on any atom is -0.388 e. The number of ether oxygens (including phenoxy) is 2. The van der Waals surface area contributed by atoms with Crippen LogP contribution in [0.3, 0.4) is 0 Å². The van der Waals surface area contributed by atoms with E-state index in [1.165, 1.54) is 7.11 Å². The van der Waals surface area contributed by atoms with Gasteiger partial charge in [0.2, 0.25) is 0 Å². The highest BCUT2D eigenvalue weighted by Gasteiger charge is 2.42. The molecule has 0 radical (unpaired) electrons. The highest BCUT2D eigenvalue weighted by molar-refractivity contribution is 4.87. The molecular formula is C7H14O5. The lowest BCUT2D eigenvalue weighted by Crippen LogP contribution is -2.57. The van der Waals surface area contributed by atoms with Crippen molar-refractivity contribution in [2.24, 2.45) is 0 Å². The van der Waals surface area contributed by atoms with Crippen molar-refractivity contribution in [3.63, 3.8) is 0 Å². The molecule has 0 bridgehead atoms. The van der Waals surface area contributed by atoms with Gasteiger partial charge >= 0.3 is 0 Å². The molecule has 1 aliphatic rings. The summed E-state index contributed by atoms with van der Waals surface area (Å²) in [5.41, 5.74) is 0. The van der Waals surface area contributed by atoms with Crippen LogP contribution in [0, 0.1) is 0 Å². The molecule has 1 saturated heterocycles. The Bertz CT molecular complexity index is 137. The van der Waals surface area contributed by atoms with Gasteiger partial charge in [-0.25, -0.2) is 0 Å². The fraction of sp³-hybridized carbons (Fsp3) is 1.00. The largest absolute Gasteiger partial charge is 0.388 e. The maximum absolute atomic E-state index is 9.40. The number of methoxy groups -OCH3 is 1. The Kier molecular flexibility index (Phi) is 3.03. The van der Waals surface area contributed by atoms with Crippen molar-refractivity contribution in [3.8, 4) is 0 Å². The number of aliphatic hydroxyl groups is 3. The standard InChI is InChI=1S/C7H14O5/c1-3-4(8)6(11-2)5(9)7(10)12-3/h3-10H,1-2H3/t3-,4-,5-,6+,7?/m0/s1. The SMILES string of the molecule is CO[C@@H]1[C@@H](O)[C@H](C)OC(O)[C@H]1O. The van der Waals surface area contributed by atoms with E-state index in [4.69, 9.17) is 14.6 Å². The van der Waals surface area contributed by atoms with Crippen LogP contribution in [0.1, 0.15) is 6.92 Å². The third kappa shape index (κ3) is 1.60. The molecule has 0 aliphatic carbocycles. The van der Waals surface area contributed by atoms with Crippen LogP contribution < -0.4 is 0 Å². The Morgan fingerprint density at radius 3 is 2.25 bits per heavy atom. The van der Waals surface area contributed by atoms with Gasteiger partial charge in [0, 0.05) is 7.11 Å². The fourth-order valence-electron chi connectivity index (χ4n) is 1.29. The quantitative estimate of drug-likeness (QED) is 0.453. The van der Waals surface area contributed by atoms with Crippen LogP contribution in [-0.4, -0.2) is 53.1 Å². The molecule has 0 aromatic heterocycles. The third-order valence-electron chi connectivity index (χ3n) is 2.07. The van der Waals surface area contributed by atoms with Crippen LogP contribution in [0.5, 0.6) is 0 Å². The van der Waals surface area contributed by atoms with Gasteiger partial charge < -0.3 is 24.8 Å². The van der Waals surface area contributed by atoms with E-state index in [9.17, 15) is 10.2 Å². The molecule has 0 amide bonds. The van der Waals surface area contributed by atoms with E-state index in [0.717, 1.165) is 0 Å². The minimum absolute atomic E-state index is 0.534. The van der Waals surface area contributed by atoms with E-state index in [2.05, 4.69) is 0 Å². The summed E-state index contributed by atoms with van der Waals surface area (Å²) in [5.74, 6) is 0. The lowest BCUT2D eigenvalue weighted by Gasteiger charge is -2.38.